The van der Waals surface area contributed by atoms with Gasteiger partial charge in [0.15, 0.2) is 0 Å². The highest BCUT2D eigenvalue weighted by molar-refractivity contribution is 5.68. The van der Waals surface area contributed by atoms with E-state index in [2.05, 4.69) is 5.32 Å². The van der Waals surface area contributed by atoms with E-state index in [1.54, 1.807) is 4.90 Å². The highest BCUT2D eigenvalue weighted by Crippen LogP contribution is 2.21. The summed E-state index contributed by atoms with van der Waals surface area (Å²) in [7, 11) is 0. The van der Waals surface area contributed by atoms with Crippen molar-refractivity contribution in [1.29, 1.82) is 0 Å². The van der Waals surface area contributed by atoms with E-state index in [0.29, 0.717) is 12.6 Å². The molecule has 1 amide bonds. The Bertz CT molecular complexity index is 525. The van der Waals surface area contributed by atoms with Gasteiger partial charge in [-0.05, 0) is 46.1 Å². The molecule has 1 aromatic rings. The minimum atomic E-state index is -0.457. The molecule has 1 unspecified atom stereocenters. The number of carbonyl (C=O) groups excluding carboxylic acids is 1. The van der Waals surface area contributed by atoms with Crippen LogP contribution in [0.5, 0.6) is 0 Å². The Labute approximate surface area is 138 Å². The molecule has 1 heterocycles. The Balaban J connectivity index is 1.92. The van der Waals surface area contributed by atoms with Crippen LogP contribution in [0.25, 0.3) is 0 Å². The minimum Gasteiger partial charge on any atom is -0.444 e. The number of aliphatic hydroxyl groups is 1. The topological polar surface area (TPSA) is 61.8 Å². The van der Waals surface area contributed by atoms with E-state index in [1.165, 1.54) is 0 Å². The lowest BCUT2D eigenvalue weighted by Crippen LogP contribution is -2.37. The Kier molecular flexibility index (Phi) is 5.88. The molecule has 128 valence electrons. The molecule has 23 heavy (non-hydrogen) atoms. The van der Waals surface area contributed by atoms with Crippen LogP contribution < -0.4 is 5.32 Å². The molecule has 1 fully saturated rings. The molecule has 0 bridgehead atoms. The van der Waals surface area contributed by atoms with E-state index >= 15 is 0 Å². The molecule has 1 aliphatic heterocycles. The monoisotopic (exact) mass is 320 g/mol. The van der Waals surface area contributed by atoms with Gasteiger partial charge in [-0.25, -0.2) is 4.79 Å². The first-order chi connectivity index (χ1) is 10.9. The minimum absolute atomic E-state index is 0.0277. The first-order valence-corrected chi connectivity index (χ1v) is 8.32. The Morgan fingerprint density at radius 3 is 2.74 bits per heavy atom. The normalized spacial score (nSPS) is 19.1. The van der Waals surface area contributed by atoms with Gasteiger partial charge in [-0.2, -0.15) is 0 Å². The highest BCUT2D eigenvalue weighted by atomic mass is 16.6. The van der Waals surface area contributed by atoms with Gasteiger partial charge in [0.2, 0.25) is 0 Å². The van der Waals surface area contributed by atoms with Crippen LogP contribution in [-0.2, 0) is 11.3 Å². The summed E-state index contributed by atoms with van der Waals surface area (Å²) in [4.78, 5) is 14.0. The molecule has 1 aromatic carbocycles. The quantitative estimate of drug-likeness (QED) is 0.896. The van der Waals surface area contributed by atoms with Gasteiger partial charge >= 0.3 is 6.09 Å². The van der Waals surface area contributed by atoms with E-state index in [9.17, 15) is 9.90 Å². The number of hydrogen-bond acceptors (Lipinski definition) is 4. The van der Waals surface area contributed by atoms with Crippen molar-refractivity contribution in [2.24, 2.45) is 0 Å². The van der Waals surface area contributed by atoms with Gasteiger partial charge in [0, 0.05) is 30.4 Å². The third kappa shape index (κ3) is 5.43. The number of benzene rings is 1. The number of rotatable bonds is 3. The summed E-state index contributed by atoms with van der Waals surface area (Å²) in [5.41, 5.74) is 1.42. The fourth-order valence-electron chi connectivity index (χ4n) is 2.77. The molecule has 1 atom stereocenters. The third-order valence-electron chi connectivity index (χ3n) is 3.93. The maximum absolute atomic E-state index is 12.2. The summed E-state index contributed by atoms with van der Waals surface area (Å²) in [6.45, 7) is 7.11. The molecule has 1 aliphatic rings. The van der Waals surface area contributed by atoms with Crippen LogP contribution in [0.4, 0.5) is 10.5 Å². The number of amides is 1. The van der Waals surface area contributed by atoms with Crippen molar-refractivity contribution in [3.63, 3.8) is 0 Å². The second-order valence-electron chi connectivity index (χ2n) is 7.05. The van der Waals surface area contributed by atoms with Gasteiger partial charge in [0.05, 0.1) is 6.61 Å². The molecule has 0 aromatic heterocycles. The number of anilines is 1. The number of ether oxygens (including phenoxy) is 1. The predicted octanol–water partition coefficient (Wildman–Crippen LogP) is 3.38. The average molecular weight is 320 g/mol. The molecule has 2 N–H and O–H groups in total. The third-order valence-corrected chi connectivity index (χ3v) is 3.93. The molecule has 0 radical (unpaired) electrons. The lowest BCUT2D eigenvalue weighted by atomic mass is 10.1. The van der Waals surface area contributed by atoms with Crippen molar-refractivity contribution in [1.82, 2.24) is 4.90 Å². The number of hydrogen-bond donors (Lipinski definition) is 2. The molecular formula is C18H28N2O3. The zero-order chi connectivity index (χ0) is 16.9. The Morgan fingerprint density at radius 2 is 2.04 bits per heavy atom. The maximum Gasteiger partial charge on any atom is 0.410 e. The summed E-state index contributed by atoms with van der Waals surface area (Å²) in [5, 5.41) is 12.9. The second-order valence-corrected chi connectivity index (χ2v) is 7.05. The number of aliphatic hydroxyl groups excluding tert-OH is 1. The molecule has 5 nitrogen and oxygen atoms in total. The van der Waals surface area contributed by atoms with E-state index in [4.69, 9.17) is 4.74 Å². The lowest BCUT2D eigenvalue weighted by Gasteiger charge is -2.26. The Morgan fingerprint density at radius 1 is 1.30 bits per heavy atom. The summed E-state index contributed by atoms with van der Waals surface area (Å²) in [6.07, 6.45) is 2.59. The molecule has 0 aliphatic carbocycles. The van der Waals surface area contributed by atoms with Gasteiger partial charge in [0.25, 0.3) is 0 Å². The van der Waals surface area contributed by atoms with Crippen LogP contribution in [-0.4, -0.2) is 40.8 Å². The zero-order valence-electron chi connectivity index (χ0n) is 14.3. The Hall–Kier alpha value is -1.75. The van der Waals surface area contributed by atoms with Crippen molar-refractivity contribution < 1.29 is 14.6 Å². The van der Waals surface area contributed by atoms with E-state index < -0.39 is 5.60 Å². The summed E-state index contributed by atoms with van der Waals surface area (Å²) in [5.74, 6) is 0. The van der Waals surface area contributed by atoms with Crippen molar-refractivity contribution in [2.75, 3.05) is 18.4 Å². The molecule has 2 rings (SSSR count). The van der Waals surface area contributed by atoms with E-state index in [1.807, 2.05) is 45.0 Å². The van der Waals surface area contributed by atoms with Crippen molar-refractivity contribution in [3.8, 4) is 0 Å². The molecular weight excluding hydrogens is 292 g/mol. The number of para-hydroxylation sites is 1. The summed E-state index contributed by atoms with van der Waals surface area (Å²) < 4.78 is 5.46. The van der Waals surface area contributed by atoms with Crippen LogP contribution in [0.3, 0.4) is 0 Å². The SMILES string of the molecule is CC(C)(C)OC(=O)N1CCCC(Nc2ccccc2CO)CC1. The lowest BCUT2D eigenvalue weighted by molar-refractivity contribution is 0.0256. The number of nitrogens with zero attached hydrogens (tertiary/aromatic N) is 1. The van der Waals surface area contributed by atoms with Gasteiger partial charge < -0.3 is 20.1 Å². The summed E-state index contributed by atoms with van der Waals surface area (Å²) in [6, 6.07) is 8.10. The van der Waals surface area contributed by atoms with Gasteiger partial charge in [-0.3, -0.25) is 0 Å². The van der Waals surface area contributed by atoms with Crippen molar-refractivity contribution in [3.05, 3.63) is 29.8 Å². The van der Waals surface area contributed by atoms with Crippen molar-refractivity contribution in [2.45, 2.75) is 58.3 Å². The van der Waals surface area contributed by atoms with Gasteiger partial charge in [0.1, 0.15) is 5.60 Å². The second kappa shape index (κ2) is 7.68. The largest absolute Gasteiger partial charge is 0.444 e. The smallest absolute Gasteiger partial charge is 0.410 e. The number of carbonyl (C=O) groups is 1. The standard InChI is InChI=1S/C18H28N2O3/c1-18(2,3)23-17(22)20-11-6-8-15(10-12-20)19-16-9-5-4-7-14(16)13-21/h4-5,7,9,15,19,21H,6,8,10-13H2,1-3H3. The fourth-order valence-corrected chi connectivity index (χ4v) is 2.77. The number of likely N-dealkylation sites (tertiary alicyclic amines) is 1. The van der Waals surface area contributed by atoms with Crippen molar-refractivity contribution >= 4 is 11.8 Å². The average Bonchev–Trinajstić information content (AvgIpc) is 2.72. The van der Waals surface area contributed by atoms with Gasteiger partial charge in [-0.1, -0.05) is 18.2 Å². The van der Waals surface area contributed by atoms with E-state index in [-0.39, 0.29) is 12.7 Å². The summed E-state index contributed by atoms with van der Waals surface area (Å²) >= 11 is 0. The van der Waals surface area contributed by atoms with Crippen LogP contribution in [0.1, 0.15) is 45.6 Å². The highest BCUT2D eigenvalue weighted by Gasteiger charge is 2.25. The molecule has 5 heteroatoms. The van der Waals surface area contributed by atoms with Crippen LogP contribution in [0.15, 0.2) is 24.3 Å². The first kappa shape index (κ1) is 17.6. The van der Waals surface area contributed by atoms with Gasteiger partial charge in [-0.15, -0.1) is 0 Å². The molecule has 0 saturated carbocycles. The number of nitrogens with one attached hydrogen (secondary N) is 1. The fraction of sp³-hybridized carbons (Fsp3) is 0.611. The predicted molar refractivity (Wildman–Crippen MR) is 91.4 cm³/mol. The molecule has 0 spiro atoms. The van der Waals surface area contributed by atoms with Crippen LogP contribution >= 0.6 is 0 Å². The maximum atomic E-state index is 12.2. The zero-order valence-corrected chi connectivity index (χ0v) is 14.3. The van der Waals surface area contributed by atoms with Crippen LogP contribution in [0, 0.1) is 0 Å². The van der Waals surface area contributed by atoms with Crippen LogP contribution in [0.2, 0.25) is 0 Å². The molecule has 1 saturated heterocycles. The first-order valence-electron chi connectivity index (χ1n) is 8.32. The van der Waals surface area contributed by atoms with E-state index in [0.717, 1.165) is 37.1 Å².